The van der Waals surface area contributed by atoms with E-state index in [9.17, 15) is 9.59 Å². The summed E-state index contributed by atoms with van der Waals surface area (Å²) in [5.74, 6) is 1.12. The van der Waals surface area contributed by atoms with E-state index in [1.165, 1.54) is 0 Å². The molecule has 3 aliphatic rings. The second kappa shape index (κ2) is 9.88. The minimum absolute atomic E-state index is 0.0312. The lowest BCUT2D eigenvalue weighted by Gasteiger charge is -2.39. The Labute approximate surface area is 200 Å². The minimum Gasteiger partial charge on any atom is -0.378 e. The van der Waals surface area contributed by atoms with Gasteiger partial charge in [0.15, 0.2) is 0 Å². The van der Waals surface area contributed by atoms with Crippen LogP contribution < -0.4 is 4.90 Å². The molecule has 0 bridgehead atoms. The van der Waals surface area contributed by atoms with Crippen LogP contribution in [0, 0.1) is 5.92 Å². The number of fused-ring (bicyclic) bond motifs is 1. The predicted octanol–water partition coefficient (Wildman–Crippen LogP) is 2.56. The number of nitrogens with zero attached hydrogens (tertiary/aromatic N) is 4. The molecule has 2 amide bonds. The first kappa shape index (κ1) is 23.1. The molecule has 2 unspecified atom stereocenters. The molecule has 3 saturated heterocycles. The normalized spacial score (nSPS) is 24.5. The zero-order valence-corrected chi connectivity index (χ0v) is 20.1. The molecule has 8 nitrogen and oxygen atoms in total. The van der Waals surface area contributed by atoms with Crippen molar-refractivity contribution in [2.24, 2.45) is 5.92 Å². The molecule has 0 aliphatic carbocycles. The molecule has 1 aromatic carbocycles. The van der Waals surface area contributed by atoms with Gasteiger partial charge >= 0.3 is 0 Å². The second-order valence-electron chi connectivity index (χ2n) is 9.71. The molecule has 0 N–H and O–H groups in total. The van der Waals surface area contributed by atoms with Crippen LogP contribution in [0.1, 0.15) is 37.0 Å². The highest BCUT2D eigenvalue weighted by molar-refractivity contribution is 6.07. The van der Waals surface area contributed by atoms with Crippen LogP contribution in [-0.2, 0) is 14.3 Å². The van der Waals surface area contributed by atoms with E-state index < -0.39 is 0 Å². The third-order valence-electron chi connectivity index (χ3n) is 7.13. The highest BCUT2D eigenvalue weighted by Crippen LogP contribution is 2.29. The van der Waals surface area contributed by atoms with E-state index >= 15 is 0 Å². The highest BCUT2D eigenvalue weighted by Gasteiger charge is 2.33. The number of aromatic nitrogens is 1. The van der Waals surface area contributed by atoms with Crippen molar-refractivity contribution in [3.8, 4) is 0 Å². The van der Waals surface area contributed by atoms with Gasteiger partial charge in [-0.2, -0.15) is 0 Å². The number of anilines is 1. The van der Waals surface area contributed by atoms with Crippen molar-refractivity contribution in [3.05, 3.63) is 35.9 Å². The van der Waals surface area contributed by atoms with Crippen molar-refractivity contribution in [1.29, 1.82) is 0 Å². The molecular weight excluding hydrogens is 432 g/mol. The van der Waals surface area contributed by atoms with Gasteiger partial charge < -0.3 is 24.2 Å². The average Bonchev–Trinajstić information content (AvgIpc) is 2.87. The SMILES string of the molecule is CC1CN(C(=O)C2CCN(c3cc(C(=O)N4CCOCC4)c4ccccc4n3)CC2)CC(C)O1. The van der Waals surface area contributed by atoms with Crippen molar-refractivity contribution in [2.45, 2.75) is 38.9 Å². The van der Waals surface area contributed by atoms with E-state index in [0.29, 0.717) is 45.0 Å². The van der Waals surface area contributed by atoms with Gasteiger partial charge in [-0.25, -0.2) is 4.98 Å². The Morgan fingerprint density at radius 3 is 2.32 bits per heavy atom. The largest absolute Gasteiger partial charge is 0.378 e. The number of rotatable bonds is 3. The van der Waals surface area contributed by atoms with Gasteiger partial charge in [-0.3, -0.25) is 9.59 Å². The van der Waals surface area contributed by atoms with Crippen molar-refractivity contribution >= 4 is 28.5 Å². The van der Waals surface area contributed by atoms with Crippen molar-refractivity contribution in [2.75, 3.05) is 57.4 Å². The standard InChI is InChI=1S/C26H34N4O4/c1-18-16-30(17-19(2)34-18)25(31)20-7-9-28(10-8-20)24-15-22(21-5-3-4-6-23(21)27-24)26(32)29-11-13-33-14-12-29/h3-6,15,18-20H,7-14,16-17H2,1-2H3. The van der Waals surface area contributed by atoms with Crippen LogP contribution in [0.3, 0.4) is 0 Å². The van der Waals surface area contributed by atoms with Crippen molar-refractivity contribution in [3.63, 3.8) is 0 Å². The van der Waals surface area contributed by atoms with Crippen LogP contribution in [0.25, 0.3) is 10.9 Å². The number of piperidine rings is 1. The van der Waals surface area contributed by atoms with Gasteiger partial charge in [-0.15, -0.1) is 0 Å². The smallest absolute Gasteiger partial charge is 0.254 e. The Bertz CT molecular complexity index is 1040. The fourth-order valence-corrected chi connectivity index (χ4v) is 5.41. The number of amides is 2. The molecule has 0 radical (unpaired) electrons. The van der Waals surface area contributed by atoms with E-state index in [1.807, 2.05) is 54.0 Å². The van der Waals surface area contributed by atoms with Crippen LogP contribution in [0.15, 0.2) is 30.3 Å². The maximum Gasteiger partial charge on any atom is 0.254 e. The lowest BCUT2D eigenvalue weighted by Crippen LogP contribution is -2.51. The maximum absolute atomic E-state index is 13.4. The van der Waals surface area contributed by atoms with Crippen LogP contribution in [-0.4, -0.2) is 91.3 Å². The first-order chi connectivity index (χ1) is 16.5. The van der Waals surface area contributed by atoms with Crippen LogP contribution in [0.5, 0.6) is 0 Å². The van der Waals surface area contributed by atoms with Gasteiger partial charge in [0.05, 0.1) is 36.5 Å². The molecule has 0 spiro atoms. The van der Waals surface area contributed by atoms with Gasteiger partial charge in [0, 0.05) is 50.6 Å². The first-order valence-corrected chi connectivity index (χ1v) is 12.5. The van der Waals surface area contributed by atoms with Crippen LogP contribution in [0.2, 0.25) is 0 Å². The topological polar surface area (TPSA) is 75.2 Å². The van der Waals surface area contributed by atoms with Crippen molar-refractivity contribution < 1.29 is 19.1 Å². The Hall–Kier alpha value is -2.71. The van der Waals surface area contributed by atoms with E-state index in [1.54, 1.807) is 0 Å². The lowest BCUT2D eigenvalue weighted by molar-refractivity contribution is -0.148. The first-order valence-electron chi connectivity index (χ1n) is 12.5. The summed E-state index contributed by atoms with van der Waals surface area (Å²) in [6.45, 7) is 9.26. The molecule has 5 rings (SSSR count). The summed E-state index contributed by atoms with van der Waals surface area (Å²) in [7, 11) is 0. The van der Waals surface area contributed by atoms with E-state index in [2.05, 4.69) is 4.90 Å². The van der Waals surface area contributed by atoms with Gasteiger partial charge in [0.2, 0.25) is 5.91 Å². The molecule has 0 saturated carbocycles. The third kappa shape index (κ3) is 4.74. The van der Waals surface area contributed by atoms with Crippen molar-refractivity contribution in [1.82, 2.24) is 14.8 Å². The Kier molecular flexibility index (Phi) is 6.70. The number of ether oxygens (including phenoxy) is 2. The number of pyridine rings is 1. The number of benzene rings is 1. The number of carbonyl (C=O) groups excluding carboxylic acids is 2. The summed E-state index contributed by atoms with van der Waals surface area (Å²) < 4.78 is 11.2. The summed E-state index contributed by atoms with van der Waals surface area (Å²) in [6, 6.07) is 9.77. The number of para-hydroxylation sites is 1. The summed E-state index contributed by atoms with van der Waals surface area (Å²) in [5, 5.41) is 0.878. The van der Waals surface area contributed by atoms with Crippen LogP contribution >= 0.6 is 0 Å². The number of hydrogen-bond donors (Lipinski definition) is 0. The van der Waals surface area contributed by atoms with E-state index in [-0.39, 0.29) is 29.9 Å². The third-order valence-corrected chi connectivity index (χ3v) is 7.13. The second-order valence-corrected chi connectivity index (χ2v) is 9.71. The van der Waals surface area contributed by atoms with Gasteiger partial charge in [0.1, 0.15) is 5.82 Å². The average molecular weight is 467 g/mol. The molecule has 2 atom stereocenters. The fraction of sp³-hybridized carbons (Fsp3) is 0.577. The summed E-state index contributed by atoms with van der Waals surface area (Å²) in [4.78, 5) is 37.5. The Morgan fingerprint density at radius 2 is 1.62 bits per heavy atom. The molecule has 1 aromatic heterocycles. The van der Waals surface area contributed by atoms with E-state index in [0.717, 1.165) is 42.7 Å². The Morgan fingerprint density at radius 1 is 0.941 bits per heavy atom. The number of morpholine rings is 2. The molecule has 3 fully saturated rings. The molecular formula is C26H34N4O4. The monoisotopic (exact) mass is 466 g/mol. The summed E-state index contributed by atoms with van der Waals surface area (Å²) >= 11 is 0. The highest BCUT2D eigenvalue weighted by atomic mass is 16.5. The van der Waals surface area contributed by atoms with Gasteiger partial charge in [-0.1, -0.05) is 18.2 Å². The molecule has 2 aromatic rings. The Balaban J connectivity index is 1.32. The number of carbonyl (C=O) groups is 2. The lowest BCUT2D eigenvalue weighted by atomic mass is 9.94. The van der Waals surface area contributed by atoms with Gasteiger partial charge in [-0.05, 0) is 38.8 Å². The number of hydrogen-bond acceptors (Lipinski definition) is 6. The fourth-order valence-electron chi connectivity index (χ4n) is 5.41. The summed E-state index contributed by atoms with van der Waals surface area (Å²) in [5.41, 5.74) is 1.52. The predicted molar refractivity (Wildman–Crippen MR) is 130 cm³/mol. The van der Waals surface area contributed by atoms with Crippen LogP contribution in [0.4, 0.5) is 5.82 Å². The van der Waals surface area contributed by atoms with Gasteiger partial charge in [0.25, 0.3) is 5.91 Å². The molecule has 182 valence electrons. The molecule has 8 heteroatoms. The molecule has 34 heavy (non-hydrogen) atoms. The molecule has 3 aliphatic heterocycles. The molecule has 4 heterocycles. The quantitative estimate of drug-likeness (QED) is 0.692. The minimum atomic E-state index is 0.0312. The zero-order chi connectivity index (χ0) is 23.7. The maximum atomic E-state index is 13.4. The summed E-state index contributed by atoms with van der Waals surface area (Å²) in [6.07, 6.45) is 1.74. The zero-order valence-electron chi connectivity index (χ0n) is 20.1. The van der Waals surface area contributed by atoms with E-state index in [4.69, 9.17) is 14.5 Å².